The van der Waals surface area contributed by atoms with Crippen LogP contribution in [0.1, 0.15) is 17.0 Å². The van der Waals surface area contributed by atoms with E-state index < -0.39 is 0 Å². The van der Waals surface area contributed by atoms with Gasteiger partial charge in [-0.05, 0) is 17.7 Å². The highest BCUT2D eigenvalue weighted by Gasteiger charge is 2.40. The molecule has 0 fully saturated rings. The summed E-state index contributed by atoms with van der Waals surface area (Å²) in [5.41, 5.74) is 4.09. The topological polar surface area (TPSA) is 66.0 Å². The van der Waals surface area contributed by atoms with Crippen LogP contribution in [-0.4, -0.2) is 33.9 Å². The van der Waals surface area contributed by atoms with Crippen molar-refractivity contribution < 1.29 is 23.7 Å². The Bertz CT molecular complexity index is 901. The first-order valence-corrected chi connectivity index (χ1v) is 8.23. The van der Waals surface area contributed by atoms with Gasteiger partial charge in [-0.25, -0.2) is 4.79 Å². The molecule has 0 saturated heterocycles. The van der Waals surface area contributed by atoms with Gasteiger partial charge in [-0.3, -0.25) is 0 Å². The molecule has 2 aromatic rings. The van der Waals surface area contributed by atoms with Crippen molar-refractivity contribution in [1.29, 1.82) is 0 Å². The minimum atomic E-state index is -0.308. The number of carbonyl (C=O) groups excluding carboxylic acids is 1. The number of rotatable bonds is 4. The second-order valence-electron chi connectivity index (χ2n) is 6.09. The van der Waals surface area contributed by atoms with Crippen molar-refractivity contribution in [3.63, 3.8) is 0 Å². The van der Waals surface area contributed by atoms with Gasteiger partial charge in [0.05, 0.1) is 32.6 Å². The molecule has 0 amide bonds. The first kappa shape index (κ1) is 16.3. The Morgan fingerprint density at radius 2 is 1.73 bits per heavy atom. The predicted molar refractivity (Wildman–Crippen MR) is 96.0 cm³/mol. The fourth-order valence-corrected chi connectivity index (χ4v) is 3.54. The van der Waals surface area contributed by atoms with Gasteiger partial charge in [-0.15, -0.1) is 0 Å². The summed E-state index contributed by atoms with van der Waals surface area (Å²) in [7, 11) is 4.84. The monoisotopic (exact) mass is 353 g/mol. The van der Waals surface area contributed by atoms with E-state index in [4.69, 9.17) is 18.9 Å². The molecule has 0 radical (unpaired) electrons. The Kier molecular flexibility index (Phi) is 3.95. The van der Waals surface area contributed by atoms with Gasteiger partial charge in [0.2, 0.25) is 0 Å². The average Bonchev–Trinajstić information content (AvgIpc) is 3.05. The number of benzene rings is 2. The van der Waals surface area contributed by atoms with E-state index in [2.05, 4.69) is 5.32 Å². The molecular formula is C20H19NO5. The van der Waals surface area contributed by atoms with Gasteiger partial charge in [0.25, 0.3) is 0 Å². The van der Waals surface area contributed by atoms with E-state index in [-0.39, 0.29) is 18.5 Å². The van der Waals surface area contributed by atoms with Gasteiger partial charge < -0.3 is 24.3 Å². The van der Waals surface area contributed by atoms with E-state index in [9.17, 15) is 4.79 Å². The van der Waals surface area contributed by atoms with Gasteiger partial charge in [0.1, 0.15) is 23.9 Å². The predicted octanol–water partition coefficient (Wildman–Crippen LogP) is 3.08. The third-order valence-electron chi connectivity index (χ3n) is 4.78. The largest absolute Gasteiger partial charge is 0.497 e. The van der Waals surface area contributed by atoms with Crippen LogP contribution in [-0.2, 0) is 9.53 Å². The van der Waals surface area contributed by atoms with Crippen LogP contribution in [0.2, 0.25) is 0 Å². The quantitative estimate of drug-likeness (QED) is 0.852. The van der Waals surface area contributed by atoms with E-state index in [1.807, 2.05) is 36.4 Å². The summed E-state index contributed by atoms with van der Waals surface area (Å²) in [6.45, 7) is 0.236. The zero-order chi connectivity index (χ0) is 18.3. The van der Waals surface area contributed by atoms with E-state index in [1.54, 1.807) is 21.3 Å². The average molecular weight is 353 g/mol. The molecular weight excluding hydrogens is 334 g/mol. The van der Waals surface area contributed by atoms with Crippen LogP contribution in [0.25, 0.3) is 0 Å². The van der Waals surface area contributed by atoms with Crippen molar-refractivity contribution in [1.82, 2.24) is 0 Å². The van der Waals surface area contributed by atoms with Gasteiger partial charge in [0.15, 0.2) is 0 Å². The highest BCUT2D eigenvalue weighted by molar-refractivity contribution is 5.97. The van der Waals surface area contributed by atoms with Crippen LogP contribution in [0.3, 0.4) is 0 Å². The third kappa shape index (κ3) is 2.45. The number of hydrogen-bond acceptors (Lipinski definition) is 6. The Hall–Kier alpha value is -3.15. The fourth-order valence-electron chi connectivity index (χ4n) is 3.54. The maximum absolute atomic E-state index is 12.4. The molecule has 2 aliphatic heterocycles. The summed E-state index contributed by atoms with van der Waals surface area (Å²) in [5.74, 6) is 1.49. The van der Waals surface area contributed by atoms with Gasteiger partial charge in [0, 0.05) is 29.3 Å². The lowest BCUT2D eigenvalue weighted by molar-refractivity contribution is -0.136. The molecule has 0 spiro atoms. The van der Waals surface area contributed by atoms with Crippen molar-refractivity contribution in [2.24, 2.45) is 0 Å². The second-order valence-corrected chi connectivity index (χ2v) is 6.09. The number of nitrogens with one attached hydrogen (secondary N) is 1. The summed E-state index contributed by atoms with van der Waals surface area (Å²) < 4.78 is 21.5. The van der Waals surface area contributed by atoms with Gasteiger partial charge in [-0.2, -0.15) is 0 Å². The van der Waals surface area contributed by atoms with Gasteiger partial charge >= 0.3 is 5.97 Å². The van der Waals surface area contributed by atoms with Crippen molar-refractivity contribution in [2.75, 3.05) is 33.3 Å². The molecule has 134 valence electrons. The number of ether oxygens (including phenoxy) is 4. The number of hydrogen-bond donors (Lipinski definition) is 1. The molecule has 2 aromatic carbocycles. The maximum Gasteiger partial charge on any atom is 0.337 e. The molecule has 2 heterocycles. The molecule has 0 aliphatic carbocycles. The smallest absolute Gasteiger partial charge is 0.337 e. The molecule has 2 aliphatic rings. The van der Waals surface area contributed by atoms with E-state index >= 15 is 0 Å². The minimum absolute atomic E-state index is 0.236. The molecule has 6 nitrogen and oxygen atoms in total. The molecule has 4 rings (SSSR count). The zero-order valence-corrected chi connectivity index (χ0v) is 14.8. The Morgan fingerprint density at radius 3 is 2.38 bits per heavy atom. The zero-order valence-electron chi connectivity index (χ0n) is 14.8. The summed E-state index contributed by atoms with van der Waals surface area (Å²) in [5, 5.41) is 3.31. The highest BCUT2D eigenvalue weighted by Crippen LogP contribution is 2.49. The third-order valence-corrected chi connectivity index (χ3v) is 4.78. The van der Waals surface area contributed by atoms with E-state index in [0.717, 1.165) is 28.3 Å². The van der Waals surface area contributed by atoms with Gasteiger partial charge in [-0.1, -0.05) is 12.1 Å². The van der Waals surface area contributed by atoms with Crippen molar-refractivity contribution in [2.45, 2.75) is 5.92 Å². The molecule has 0 aromatic heterocycles. The Balaban J connectivity index is 1.93. The first-order valence-electron chi connectivity index (χ1n) is 8.23. The SMILES string of the molecule is COc1ccc([C@@H]2C3=C(COC3=O)Nc3cc(OC)cc(OC)c32)cc1. The second kappa shape index (κ2) is 6.29. The molecule has 0 bridgehead atoms. The van der Waals surface area contributed by atoms with E-state index in [1.165, 1.54) is 0 Å². The number of cyclic esters (lactones) is 1. The summed E-state index contributed by atoms with van der Waals surface area (Å²) in [6, 6.07) is 11.4. The Morgan fingerprint density at radius 1 is 1.00 bits per heavy atom. The number of anilines is 1. The lowest BCUT2D eigenvalue weighted by Crippen LogP contribution is -2.20. The molecule has 1 atom stereocenters. The van der Waals surface area contributed by atoms with Crippen molar-refractivity contribution in [3.8, 4) is 17.2 Å². The fraction of sp³-hybridized carbons (Fsp3) is 0.250. The molecule has 0 unspecified atom stereocenters. The molecule has 6 heteroatoms. The maximum atomic E-state index is 12.4. The van der Waals surface area contributed by atoms with Crippen molar-refractivity contribution in [3.05, 3.63) is 58.8 Å². The summed E-state index contributed by atoms with van der Waals surface area (Å²) in [4.78, 5) is 12.4. The standard InChI is InChI=1S/C20H19NO5/c1-23-12-6-4-11(5-7-12)17-18-14(8-13(24-2)9-16(18)25-3)21-15-10-26-20(22)19(15)17/h4-9,17,21H,10H2,1-3H3/t17-/m0/s1. The van der Waals surface area contributed by atoms with Crippen LogP contribution >= 0.6 is 0 Å². The number of methoxy groups -OCH3 is 3. The molecule has 0 saturated carbocycles. The normalized spacial score (nSPS) is 17.8. The lowest BCUT2D eigenvalue weighted by atomic mass is 9.80. The van der Waals surface area contributed by atoms with Crippen LogP contribution in [0.5, 0.6) is 17.2 Å². The van der Waals surface area contributed by atoms with Crippen LogP contribution in [0, 0.1) is 0 Å². The minimum Gasteiger partial charge on any atom is -0.497 e. The molecule has 26 heavy (non-hydrogen) atoms. The highest BCUT2D eigenvalue weighted by atomic mass is 16.5. The van der Waals surface area contributed by atoms with E-state index in [0.29, 0.717) is 17.1 Å². The first-order chi connectivity index (χ1) is 12.7. The summed E-state index contributed by atoms with van der Waals surface area (Å²) >= 11 is 0. The van der Waals surface area contributed by atoms with Crippen molar-refractivity contribution >= 4 is 11.7 Å². The van der Waals surface area contributed by atoms with Crippen LogP contribution in [0.15, 0.2) is 47.7 Å². The number of carbonyl (C=O) groups is 1. The Labute approximate surface area is 151 Å². The summed E-state index contributed by atoms with van der Waals surface area (Å²) in [6.07, 6.45) is 0. The lowest BCUT2D eigenvalue weighted by Gasteiger charge is -2.29. The number of fused-ring (bicyclic) bond motifs is 1. The van der Waals surface area contributed by atoms with Crippen LogP contribution < -0.4 is 19.5 Å². The number of esters is 1. The molecule has 1 N–H and O–H groups in total. The van der Waals surface area contributed by atoms with Crippen LogP contribution in [0.4, 0.5) is 5.69 Å².